The van der Waals surface area contributed by atoms with Gasteiger partial charge in [0.15, 0.2) is 11.5 Å². The maximum absolute atomic E-state index is 12.3. The molecule has 0 unspecified atom stereocenters. The summed E-state index contributed by atoms with van der Waals surface area (Å²) >= 11 is 5.94. The lowest BCUT2D eigenvalue weighted by Gasteiger charge is -2.10. The van der Waals surface area contributed by atoms with Crippen molar-refractivity contribution in [3.05, 3.63) is 52.5 Å². The Morgan fingerprint density at radius 3 is 2.24 bits per heavy atom. The average molecular weight is 363 g/mol. The minimum atomic E-state index is -0.417. The number of amides is 1. The molecule has 0 heterocycles. The molecule has 2 rings (SSSR count). The number of halogens is 1. The van der Waals surface area contributed by atoms with E-state index in [1.807, 2.05) is 6.07 Å². The third-order valence-electron chi connectivity index (χ3n) is 3.53. The lowest BCUT2D eigenvalue weighted by atomic mass is 10.1. The van der Waals surface area contributed by atoms with Gasteiger partial charge in [-0.3, -0.25) is 4.79 Å². The summed E-state index contributed by atoms with van der Waals surface area (Å²) in [6.45, 7) is 1.77. The Hall–Kier alpha value is -2.73. The maximum Gasteiger partial charge on any atom is 0.275 e. The van der Waals surface area contributed by atoms with E-state index >= 15 is 0 Å². The van der Waals surface area contributed by atoms with Gasteiger partial charge in [-0.1, -0.05) is 11.6 Å². The van der Waals surface area contributed by atoms with Gasteiger partial charge in [0.05, 0.1) is 32.6 Å². The predicted octanol–water partition coefficient (Wildman–Crippen LogP) is 3.52. The van der Waals surface area contributed by atoms with Gasteiger partial charge in [0, 0.05) is 10.6 Å². The van der Waals surface area contributed by atoms with E-state index in [1.165, 1.54) is 13.2 Å². The lowest BCUT2D eigenvalue weighted by molar-refractivity contribution is 0.0952. The summed E-state index contributed by atoms with van der Waals surface area (Å²) in [6.07, 6.45) is 0. The lowest BCUT2D eigenvalue weighted by Crippen LogP contribution is -2.20. The van der Waals surface area contributed by atoms with Gasteiger partial charge in [0.25, 0.3) is 5.91 Å². The molecule has 0 spiro atoms. The van der Waals surface area contributed by atoms with Crippen LogP contribution in [0.15, 0.2) is 41.5 Å². The molecule has 2 aromatic rings. The topological polar surface area (TPSA) is 69.2 Å². The monoisotopic (exact) mass is 362 g/mol. The Morgan fingerprint density at radius 1 is 0.960 bits per heavy atom. The van der Waals surface area contributed by atoms with Crippen LogP contribution in [0.2, 0.25) is 5.02 Å². The van der Waals surface area contributed by atoms with E-state index in [0.717, 1.165) is 5.56 Å². The van der Waals surface area contributed by atoms with Crippen molar-refractivity contribution in [3.63, 3.8) is 0 Å². The van der Waals surface area contributed by atoms with Crippen molar-refractivity contribution in [1.29, 1.82) is 0 Å². The van der Waals surface area contributed by atoms with Crippen molar-refractivity contribution >= 4 is 23.2 Å². The molecule has 7 heteroatoms. The molecule has 0 aromatic heterocycles. The number of nitrogens with one attached hydrogen (secondary N) is 1. The normalized spacial score (nSPS) is 11.0. The van der Waals surface area contributed by atoms with E-state index in [1.54, 1.807) is 45.4 Å². The highest BCUT2D eigenvalue weighted by Crippen LogP contribution is 2.27. The molecule has 0 saturated carbocycles. The quantitative estimate of drug-likeness (QED) is 0.630. The van der Waals surface area contributed by atoms with Crippen molar-refractivity contribution in [2.45, 2.75) is 6.92 Å². The second-order valence-electron chi connectivity index (χ2n) is 5.05. The molecule has 1 amide bonds. The van der Waals surface area contributed by atoms with Gasteiger partial charge in [-0.05, 0) is 43.3 Å². The molecule has 0 aliphatic carbocycles. The minimum absolute atomic E-state index is 0.305. The largest absolute Gasteiger partial charge is 0.496 e. The molecular weight excluding hydrogens is 344 g/mol. The van der Waals surface area contributed by atoms with Gasteiger partial charge < -0.3 is 14.2 Å². The van der Waals surface area contributed by atoms with E-state index in [9.17, 15) is 4.79 Å². The summed E-state index contributed by atoms with van der Waals surface area (Å²) in [4.78, 5) is 12.3. The van der Waals surface area contributed by atoms with Crippen molar-refractivity contribution in [1.82, 2.24) is 5.43 Å². The number of carbonyl (C=O) groups is 1. The maximum atomic E-state index is 12.3. The van der Waals surface area contributed by atoms with Crippen LogP contribution in [-0.2, 0) is 0 Å². The van der Waals surface area contributed by atoms with Crippen LogP contribution in [0.5, 0.6) is 17.2 Å². The number of hydrogen-bond acceptors (Lipinski definition) is 5. The molecule has 0 radical (unpaired) electrons. The van der Waals surface area contributed by atoms with E-state index < -0.39 is 5.91 Å². The van der Waals surface area contributed by atoms with Gasteiger partial charge >= 0.3 is 0 Å². The summed E-state index contributed by atoms with van der Waals surface area (Å²) in [5.41, 5.74) is 4.20. The van der Waals surface area contributed by atoms with Gasteiger partial charge in [-0.15, -0.1) is 0 Å². The number of rotatable bonds is 6. The summed E-state index contributed by atoms with van der Waals surface area (Å²) in [6, 6.07) is 10.2. The average Bonchev–Trinajstić information content (AvgIpc) is 2.65. The molecule has 132 valence electrons. The summed E-state index contributed by atoms with van der Waals surface area (Å²) in [7, 11) is 4.61. The standard InChI is InChI=1S/C18H19ClN2O4/c1-11(12-5-7-16(24-3)17(9-12)25-4)20-21-18(22)14-10-13(19)6-8-15(14)23-2/h5-10H,1-4H3,(H,21,22). The summed E-state index contributed by atoms with van der Waals surface area (Å²) < 4.78 is 15.6. The molecule has 0 saturated heterocycles. The second kappa shape index (κ2) is 8.39. The number of benzene rings is 2. The van der Waals surface area contributed by atoms with Crippen LogP contribution in [0.4, 0.5) is 0 Å². The van der Waals surface area contributed by atoms with Gasteiger partial charge in [-0.25, -0.2) is 5.43 Å². The fraction of sp³-hybridized carbons (Fsp3) is 0.222. The molecule has 1 N–H and O–H groups in total. The van der Waals surface area contributed by atoms with Crippen molar-refractivity contribution in [2.75, 3.05) is 21.3 Å². The zero-order chi connectivity index (χ0) is 18.4. The highest BCUT2D eigenvalue weighted by Gasteiger charge is 2.13. The number of hydrazone groups is 1. The Kier molecular flexibility index (Phi) is 6.25. The smallest absolute Gasteiger partial charge is 0.275 e. The van der Waals surface area contributed by atoms with Gasteiger partial charge in [0.2, 0.25) is 0 Å². The van der Waals surface area contributed by atoms with Crippen molar-refractivity contribution < 1.29 is 19.0 Å². The van der Waals surface area contributed by atoms with Crippen LogP contribution in [-0.4, -0.2) is 32.9 Å². The summed E-state index contributed by atoms with van der Waals surface area (Å²) in [5, 5.41) is 4.57. The van der Waals surface area contributed by atoms with Crippen LogP contribution in [0, 0.1) is 0 Å². The van der Waals surface area contributed by atoms with E-state index in [-0.39, 0.29) is 0 Å². The minimum Gasteiger partial charge on any atom is -0.496 e. The summed E-state index contributed by atoms with van der Waals surface area (Å²) in [5.74, 6) is 1.20. The van der Waals surface area contributed by atoms with E-state index in [0.29, 0.717) is 33.5 Å². The third kappa shape index (κ3) is 4.42. The van der Waals surface area contributed by atoms with Crippen LogP contribution in [0.3, 0.4) is 0 Å². The van der Waals surface area contributed by atoms with Gasteiger partial charge in [-0.2, -0.15) is 5.10 Å². The first-order valence-corrected chi connectivity index (χ1v) is 7.78. The molecule has 2 aromatic carbocycles. The van der Waals surface area contributed by atoms with Crippen LogP contribution >= 0.6 is 11.6 Å². The molecule has 25 heavy (non-hydrogen) atoms. The molecule has 0 atom stereocenters. The van der Waals surface area contributed by atoms with E-state index in [4.69, 9.17) is 25.8 Å². The Labute approximate surface area is 151 Å². The number of hydrogen-bond donors (Lipinski definition) is 1. The van der Waals surface area contributed by atoms with Crippen LogP contribution < -0.4 is 19.6 Å². The Morgan fingerprint density at radius 2 is 1.60 bits per heavy atom. The zero-order valence-electron chi connectivity index (χ0n) is 14.4. The number of ether oxygens (including phenoxy) is 3. The number of carbonyl (C=O) groups excluding carboxylic acids is 1. The highest BCUT2D eigenvalue weighted by atomic mass is 35.5. The van der Waals surface area contributed by atoms with Crippen molar-refractivity contribution in [3.8, 4) is 17.2 Å². The first kappa shape index (κ1) is 18.6. The molecule has 6 nitrogen and oxygen atoms in total. The predicted molar refractivity (Wildman–Crippen MR) is 97.2 cm³/mol. The molecule has 0 aliphatic heterocycles. The Balaban J connectivity index is 2.21. The SMILES string of the molecule is COc1ccc(C(C)=NNC(=O)c2cc(Cl)ccc2OC)cc1OC. The third-order valence-corrected chi connectivity index (χ3v) is 3.77. The first-order valence-electron chi connectivity index (χ1n) is 7.40. The Bertz CT molecular complexity index is 806. The fourth-order valence-corrected chi connectivity index (χ4v) is 2.35. The fourth-order valence-electron chi connectivity index (χ4n) is 2.18. The zero-order valence-corrected chi connectivity index (χ0v) is 15.2. The number of nitrogens with zero attached hydrogens (tertiary/aromatic N) is 1. The van der Waals surface area contributed by atoms with Crippen LogP contribution in [0.25, 0.3) is 0 Å². The molecule has 0 bridgehead atoms. The molecule has 0 fully saturated rings. The highest BCUT2D eigenvalue weighted by molar-refractivity contribution is 6.31. The molecule has 0 aliphatic rings. The van der Waals surface area contributed by atoms with Gasteiger partial charge in [0.1, 0.15) is 5.75 Å². The van der Waals surface area contributed by atoms with Crippen molar-refractivity contribution in [2.24, 2.45) is 5.10 Å². The van der Waals surface area contributed by atoms with Crippen LogP contribution in [0.1, 0.15) is 22.8 Å². The molecular formula is C18H19ClN2O4. The second-order valence-corrected chi connectivity index (χ2v) is 5.49. The van der Waals surface area contributed by atoms with E-state index in [2.05, 4.69) is 10.5 Å². The first-order chi connectivity index (χ1) is 12.0. The number of methoxy groups -OCH3 is 3.